The SMILES string of the molecule is CNC(=O)Nc1ccc(C(C)(c2ccc(NC(=O)Nc3cccc(NC(=O)NCCCOC(=O)Nc4cccc(OC#N)c4)c3)cc2)C(F)(F)F)cc1. The molecule has 4 aromatic carbocycles. The Morgan fingerprint density at radius 1 is 0.679 bits per heavy atom. The first-order chi connectivity index (χ1) is 25.3. The first kappa shape index (κ1) is 38.8. The van der Waals surface area contributed by atoms with Crippen molar-refractivity contribution in [1.29, 1.82) is 5.26 Å². The Bertz CT molecular complexity index is 1950. The summed E-state index contributed by atoms with van der Waals surface area (Å²) >= 11 is 0. The molecule has 0 saturated heterocycles. The van der Waals surface area contributed by atoms with Crippen LogP contribution < -0.4 is 42.0 Å². The maximum atomic E-state index is 14.5. The van der Waals surface area contributed by atoms with Crippen LogP contribution in [-0.4, -0.2) is 50.6 Å². The first-order valence-electron chi connectivity index (χ1n) is 15.9. The highest BCUT2D eigenvalue weighted by atomic mass is 19.4. The molecule has 0 aliphatic heterocycles. The highest BCUT2D eigenvalue weighted by Crippen LogP contribution is 2.46. The van der Waals surface area contributed by atoms with E-state index in [9.17, 15) is 32.3 Å². The molecule has 0 aliphatic rings. The van der Waals surface area contributed by atoms with Crippen LogP contribution in [0.2, 0.25) is 0 Å². The van der Waals surface area contributed by atoms with Gasteiger partial charge in [0, 0.05) is 48.1 Å². The van der Waals surface area contributed by atoms with E-state index in [-0.39, 0.29) is 35.7 Å². The fraction of sp³-hybridized carbons (Fsp3) is 0.194. The lowest BCUT2D eigenvalue weighted by Crippen LogP contribution is -2.40. The van der Waals surface area contributed by atoms with Gasteiger partial charge in [-0.3, -0.25) is 5.32 Å². The van der Waals surface area contributed by atoms with Crippen molar-refractivity contribution < 1.29 is 41.8 Å². The van der Waals surface area contributed by atoms with Crippen molar-refractivity contribution in [1.82, 2.24) is 10.6 Å². The number of hydrogen-bond donors (Lipinski definition) is 7. The van der Waals surface area contributed by atoms with Gasteiger partial charge in [0.2, 0.25) is 0 Å². The van der Waals surface area contributed by atoms with Crippen LogP contribution >= 0.6 is 0 Å². The van der Waals surface area contributed by atoms with E-state index >= 15 is 0 Å². The van der Waals surface area contributed by atoms with Gasteiger partial charge < -0.3 is 41.4 Å². The van der Waals surface area contributed by atoms with E-state index < -0.39 is 35.8 Å². The Labute approximate surface area is 302 Å². The van der Waals surface area contributed by atoms with Crippen LogP contribution in [0.15, 0.2) is 97.1 Å². The van der Waals surface area contributed by atoms with Crippen molar-refractivity contribution in [3.63, 3.8) is 0 Å². The van der Waals surface area contributed by atoms with Crippen LogP contribution in [0.25, 0.3) is 0 Å². The predicted octanol–water partition coefficient (Wildman–Crippen LogP) is 7.57. The number of benzene rings is 4. The van der Waals surface area contributed by atoms with Gasteiger partial charge in [0.25, 0.3) is 6.26 Å². The van der Waals surface area contributed by atoms with Crippen molar-refractivity contribution in [2.24, 2.45) is 0 Å². The lowest BCUT2D eigenvalue weighted by molar-refractivity contribution is -0.173. The molecule has 276 valence electrons. The van der Waals surface area contributed by atoms with Crippen LogP contribution in [0.3, 0.4) is 0 Å². The number of hydrogen-bond acceptors (Lipinski definition) is 7. The number of amides is 7. The molecule has 14 nitrogen and oxygen atoms in total. The van der Waals surface area contributed by atoms with Gasteiger partial charge in [0.05, 0.1) is 6.61 Å². The van der Waals surface area contributed by atoms with Crippen molar-refractivity contribution in [2.45, 2.75) is 24.9 Å². The average molecular weight is 733 g/mol. The normalized spacial score (nSPS) is 11.8. The number of ether oxygens (including phenoxy) is 2. The quantitative estimate of drug-likeness (QED) is 0.0576. The summed E-state index contributed by atoms with van der Waals surface area (Å²) in [5, 5.41) is 26.4. The van der Waals surface area contributed by atoms with Gasteiger partial charge in [-0.1, -0.05) is 36.4 Å². The fourth-order valence-corrected chi connectivity index (χ4v) is 4.89. The third-order valence-electron chi connectivity index (χ3n) is 7.70. The second kappa shape index (κ2) is 17.8. The Balaban J connectivity index is 1.24. The second-order valence-corrected chi connectivity index (χ2v) is 11.4. The van der Waals surface area contributed by atoms with E-state index in [1.54, 1.807) is 36.4 Å². The number of nitrogens with zero attached hydrogens (tertiary/aromatic N) is 1. The molecule has 53 heavy (non-hydrogen) atoms. The van der Waals surface area contributed by atoms with E-state index in [2.05, 4.69) is 37.2 Å². The van der Waals surface area contributed by atoms with Gasteiger partial charge in [-0.15, -0.1) is 5.26 Å². The van der Waals surface area contributed by atoms with Crippen LogP contribution in [-0.2, 0) is 10.2 Å². The van der Waals surface area contributed by atoms with Crippen LogP contribution in [0.4, 0.5) is 60.8 Å². The summed E-state index contributed by atoms with van der Waals surface area (Å²) in [4.78, 5) is 48.6. The molecule has 0 heterocycles. The summed E-state index contributed by atoms with van der Waals surface area (Å²) < 4.78 is 53.3. The van der Waals surface area contributed by atoms with Gasteiger partial charge >= 0.3 is 30.4 Å². The molecule has 1 unspecified atom stereocenters. The largest absolute Gasteiger partial charge is 0.449 e. The van der Waals surface area contributed by atoms with Crippen molar-refractivity contribution in [3.05, 3.63) is 108 Å². The highest BCUT2D eigenvalue weighted by molar-refractivity contribution is 6.00. The summed E-state index contributed by atoms with van der Waals surface area (Å²) in [6, 6.07) is 21.3. The van der Waals surface area contributed by atoms with Gasteiger partial charge in [-0.05, 0) is 79.1 Å². The van der Waals surface area contributed by atoms with Crippen LogP contribution in [0, 0.1) is 11.5 Å². The molecule has 4 rings (SSSR count). The summed E-state index contributed by atoms with van der Waals surface area (Å²) in [5.74, 6) is 0.255. The van der Waals surface area contributed by atoms with Gasteiger partial charge in [0.1, 0.15) is 11.2 Å². The first-order valence-corrected chi connectivity index (χ1v) is 15.9. The molecule has 0 saturated carbocycles. The van der Waals surface area contributed by atoms with E-state index in [4.69, 9.17) is 14.7 Å². The number of halogens is 3. The lowest BCUT2D eigenvalue weighted by Gasteiger charge is -2.33. The molecule has 0 bridgehead atoms. The van der Waals surface area contributed by atoms with Crippen molar-refractivity contribution >= 4 is 52.6 Å². The molecule has 1 atom stereocenters. The smallest absolute Gasteiger partial charge is 0.411 e. The monoisotopic (exact) mass is 732 g/mol. The standard InChI is InChI=1S/C36H35F3N8O6/c1-35(36(37,38)39,23-10-14-25(15-11-23)43-31(48)41-2)24-12-16-26(17-13-24)44-33(50)46-28-7-3-6-27(20-28)45-32(49)42-18-5-19-52-34(51)47-29-8-4-9-30(21-29)53-22-40/h3-4,6-17,20-21H,5,18-19H2,1-2H3,(H,47,51)(H2,41,43,48)(H2,42,45,49)(H2,44,46,50). The minimum atomic E-state index is -4.68. The number of urea groups is 3. The topological polar surface area (TPSA) is 195 Å². The Hall–Kier alpha value is -6.96. The van der Waals surface area contributed by atoms with E-state index in [1.165, 1.54) is 74.0 Å². The van der Waals surface area contributed by atoms with Crippen molar-refractivity contribution in [3.8, 4) is 12.0 Å². The summed E-state index contributed by atoms with van der Waals surface area (Å²) in [5.41, 5.74) is -0.909. The molecule has 17 heteroatoms. The van der Waals surface area contributed by atoms with Crippen molar-refractivity contribution in [2.75, 3.05) is 46.8 Å². The molecular weight excluding hydrogens is 697 g/mol. The number of rotatable bonds is 12. The molecular formula is C36H35F3N8O6. The average Bonchev–Trinajstić information content (AvgIpc) is 3.11. The number of carbonyl (C=O) groups excluding carboxylic acids is 4. The molecule has 7 amide bonds. The molecule has 0 aliphatic carbocycles. The predicted molar refractivity (Wildman–Crippen MR) is 192 cm³/mol. The number of alkyl halides is 3. The van der Waals surface area contributed by atoms with E-state index in [0.717, 1.165) is 6.92 Å². The zero-order valence-electron chi connectivity index (χ0n) is 28.4. The zero-order valence-corrected chi connectivity index (χ0v) is 28.4. The molecule has 7 N–H and O–H groups in total. The zero-order chi connectivity index (χ0) is 38.4. The highest BCUT2D eigenvalue weighted by Gasteiger charge is 2.53. The summed E-state index contributed by atoms with van der Waals surface area (Å²) in [6.45, 7) is 1.24. The van der Waals surface area contributed by atoms with E-state index in [0.29, 0.717) is 29.2 Å². The Kier molecular flexibility index (Phi) is 13.0. The van der Waals surface area contributed by atoms with E-state index in [1.807, 2.05) is 0 Å². The second-order valence-electron chi connectivity index (χ2n) is 11.4. The number of anilines is 5. The number of carbonyl (C=O) groups is 4. The summed E-state index contributed by atoms with van der Waals surface area (Å²) in [6.07, 6.45) is -3.56. The minimum Gasteiger partial charge on any atom is -0.449 e. The number of nitriles is 1. The van der Waals surface area contributed by atoms with Gasteiger partial charge in [-0.2, -0.15) is 13.2 Å². The molecule has 0 radical (unpaired) electrons. The summed E-state index contributed by atoms with van der Waals surface area (Å²) in [7, 11) is 1.42. The maximum absolute atomic E-state index is 14.5. The van der Waals surface area contributed by atoms with Gasteiger partial charge in [-0.25, -0.2) is 19.2 Å². The maximum Gasteiger partial charge on any atom is 0.411 e. The molecule has 4 aromatic rings. The fourth-order valence-electron chi connectivity index (χ4n) is 4.89. The van der Waals surface area contributed by atoms with Gasteiger partial charge in [0.15, 0.2) is 0 Å². The third-order valence-corrected chi connectivity index (χ3v) is 7.70. The molecule has 0 fully saturated rings. The Morgan fingerprint density at radius 3 is 1.74 bits per heavy atom. The molecule has 0 spiro atoms. The Morgan fingerprint density at radius 2 is 1.19 bits per heavy atom. The van der Waals surface area contributed by atoms with Crippen LogP contribution in [0.5, 0.6) is 5.75 Å². The molecule has 0 aromatic heterocycles. The third kappa shape index (κ3) is 11.0. The number of nitrogens with one attached hydrogen (secondary N) is 7. The minimum absolute atomic E-state index is 0.00654. The lowest BCUT2D eigenvalue weighted by atomic mass is 9.75. The van der Waals surface area contributed by atoms with Crippen LogP contribution in [0.1, 0.15) is 24.5 Å².